The topological polar surface area (TPSA) is 49.0 Å². The second-order valence-electron chi connectivity index (χ2n) is 3.10. The van der Waals surface area contributed by atoms with Gasteiger partial charge in [0, 0.05) is 30.1 Å². The van der Waals surface area contributed by atoms with Crippen molar-refractivity contribution in [3.8, 4) is 6.07 Å². The number of aliphatic imine (C=N–C) groups is 1. The number of rotatable bonds is 1. The first-order chi connectivity index (χ1) is 6.90. The van der Waals surface area contributed by atoms with E-state index in [2.05, 4.69) is 16.0 Å². The molecule has 14 heavy (non-hydrogen) atoms. The molecule has 1 aliphatic rings. The molecule has 0 fully saturated rings. The summed E-state index contributed by atoms with van der Waals surface area (Å²) in [5, 5.41) is 8.75. The van der Waals surface area contributed by atoms with Crippen LogP contribution in [0.25, 0.3) is 0 Å². The molecular weight excluding hydrogens is 174 g/mol. The van der Waals surface area contributed by atoms with Gasteiger partial charge in [-0.3, -0.25) is 9.98 Å². The van der Waals surface area contributed by atoms with E-state index in [1.54, 1.807) is 12.4 Å². The smallest absolute Gasteiger partial charge is 0.0963 e. The molecule has 2 heterocycles. The Balaban J connectivity index is 2.29. The van der Waals surface area contributed by atoms with E-state index in [1.165, 1.54) is 0 Å². The summed E-state index contributed by atoms with van der Waals surface area (Å²) in [6.07, 6.45) is 7.31. The van der Waals surface area contributed by atoms with Crippen LogP contribution in [-0.2, 0) is 0 Å². The molecule has 0 N–H and O–H groups in total. The number of hydrogen-bond acceptors (Lipinski definition) is 3. The highest BCUT2D eigenvalue weighted by molar-refractivity contribution is 5.73. The molecular formula is C11H9N3. The molecule has 0 radical (unpaired) electrons. The van der Waals surface area contributed by atoms with Gasteiger partial charge in [-0.15, -0.1) is 0 Å². The lowest BCUT2D eigenvalue weighted by molar-refractivity contribution is 1.04. The molecule has 0 saturated heterocycles. The molecule has 1 aliphatic heterocycles. The fraction of sp³-hybridized carbons (Fsp3) is 0.182. The van der Waals surface area contributed by atoms with Crippen LogP contribution in [0.5, 0.6) is 0 Å². The van der Waals surface area contributed by atoms with Gasteiger partial charge < -0.3 is 0 Å². The highest BCUT2D eigenvalue weighted by Gasteiger charge is 2.10. The standard InChI is InChI=1S/C11H9N3/c12-6-9-5-11(8-14-7-9)10-1-3-13-4-2-10/h1-5,8,11H,7H2. The average molecular weight is 183 g/mol. The zero-order chi connectivity index (χ0) is 9.80. The molecule has 0 bridgehead atoms. The number of hydrogen-bond donors (Lipinski definition) is 0. The van der Waals surface area contributed by atoms with E-state index in [1.807, 2.05) is 24.4 Å². The van der Waals surface area contributed by atoms with Crippen molar-refractivity contribution in [1.29, 1.82) is 5.26 Å². The molecule has 3 heteroatoms. The van der Waals surface area contributed by atoms with Gasteiger partial charge in [-0.1, -0.05) is 6.08 Å². The SMILES string of the molecule is N#CC1=CC(c2ccncc2)C=NC1. The monoisotopic (exact) mass is 183 g/mol. The summed E-state index contributed by atoms with van der Waals surface area (Å²) in [5.41, 5.74) is 1.85. The lowest BCUT2D eigenvalue weighted by Gasteiger charge is -2.11. The number of dihydropyridines is 1. The van der Waals surface area contributed by atoms with Crippen molar-refractivity contribution in [2.45, 2.75) is 5.92 Å². The number of pyridine rings is 1. The summed E-state index contributed by atoms with van der Waals surface area (Å²) in [6.45, 7) is 0.512. The molecule has 2 rings (SSSR count). The predicted molar refractivity (Wildman–Crippen MR) is 54.0 cm³/mol. The van der Waals surface area contributed by atoms with Crippen LogP contribution in [0.2, 0.25) is 0 Å². The van der Waals surface area contributed by atoms with Gasteiger partial charge in [-0.2, -0.15) is 5.26 Å². The third-order valence-corrected chi connectivity index (χ3v) is 2.14. The second kappa shape index (κ2) is 3.84. The Hall–Kier alpha value is -1.95. The molecule has 1 atom stereocenters. The Morgan fingerprint density at radius 3 is 2.86 bits per heavy atom. The fourth-order valence-electron chi connectivity index (χ4n) is 1.42. The molecule has 0 aliphatic carbocycles. The highest BCUT2D eigenvalue weighted by Crippen LogP contribution is 2.19. The maximum Gasteiger partial charge on any atom is 0.0963 e. The van der Waals surface area contributed by atoms with Gasteiger partial charge in [0.25, 0.3) is 0 Å². The van der Waals surface area contributed by atoms with E-state index in [-0.39, 0.29) is 5.92 Å². The van der Waals surface area contributed by atoms with Crippen LogP contribution in [0.1, 0.15) is 11.5 Å². The zero-order valence-electron chi connectivity index (χ0n) is 7.59. The van der Waals surface area contributed by atoms with Crippen LogP contribution in [0.15, 0.2) is 41.2 Å². The van der Waals surface area contributed by atoms with Crippen molar-refractivity contribution < 1.29 is 0 Å². The molecule has 0 amide bonds. The van der Waals surface area contributed by atoms with Gasteiger partial charge in [-0.05, 0) is 17.7 Å². The lowest BCUT2D eigenvalue weighted by Crippen LogP contribution is -2.05. The van der Waals surface area contributed by atoms with Crippen LogP contribution in [-0.4, -0.2) is 17.7 Å². The maximum absolute atomic E-state index is 8.75. The van der Waals surface area contributed by atoms with E-state index in [0.29, 0.717) is 6.54 Å². The van der Waals surface area contributed by atoms with Crippen LogP contribution in [0, 0.1) is 11.3 Å². The molecule has 0 spiro atoms. The number of aromatic nitrogens is 1. The Morgan fingerprint density at radius 2 is 2.14 bits per heavy atom. The van der Waals surface area contributed by atoms with Crippen molar-refractivity contribution in [2.75, 3.05) is 6.54 Å². The van der Waals surface area contributed by atoms with Crippen LogP contribution >= 0.6 is 0 Å². The summed E-state index contributed by atoms with van der Waals surface area (Å²) >= 11 is 0. The predicted octanol–water partition coefficient (Wildman–Crippen LogP) is 1.70. The van der Waals surface area contributed by atoms with Crippen LogP contribution in [0.3, 0.4) is 0 Å². The molecule has 1 aromatic heterocycles. The van der Waals surface area contributed by atoms with E-state index in [0.717, 1.165) is 11.1 Å². The zero-order valence-corrected chi connectivity index (χ0v) is 7.59. The van der Waals surface area contributed by atoms with Crippen molar-refractivity contribution in [3.63, 3.8) is 0 Å². The van der Waals surface area contributed by atoms with Crippen LogP contribution < -0.4 is 0 Å². The van der Waals surface area contributed by atoms with E-state index < -0.39 is 0 Å². The summed E-state index contributed by atoms with van der Waals surface area (Å²) in [5.74, 6) is 0.126. The van der Waals surface area contributed by atoms with Gasteiger partial charge in [-0.25, -0.2) is 0 Å². The maximum atomic E-state index is 8.75. The van der Waals surface area contributed by atoms with Crippen molar-refractivity contribution in [3.05, 3.63) is 41.7 Å². The summed E-state index contributed by atoms with van der Waals surface area (Å²) in [4.78, 5) is 8.10. The van der Waals surface area contributed by atoms with Crippen molar-refractivity contribution in [1.82, 2.24) is 4.98 Å². The Kier molecular flexibility index (Phi) is 2.37. The number of nitriles is 1. The van der Waals surface area contributed by atoms with E-state index in [9.17, 15) is 0 Å². The number of nitrogens with zero attached hydrogens (tertiary/aromatic N) is 3. The van der Waals surface area contributed by atoms with Crippen molar-refractivity contribution >= 4 is 6.21 Å². The largest absolute Gasteiger partial charge is 0.291 e. The molecule has 0 saturated carbocycles. The van der Waals surface area contributed by atoms with Gasteiger partial charge in [0.05, 0.1) is 12.6 Å². The van der Waals surface area contributed by atoms with Crippen LogP contribution in [0.4, 0.5) is 0 Å². The lowest BCUT2D eigenvalue weighted by atomic mass is 9.97. The van der Waals surface area contributed by atoms with E-state index >= 15 is 0 Å². The van der Waals surface area contributed by atoms with Gasteiger partial charge in [0.15, 0.2) is 0 Å². The number of allylic oxidation sites excluding steroid dienone is 1. The Bertz CT molecular complexity index is 412. The third-order valence-electron chi connectivity index (χ3n) is 2.14. The summed E-state index contributed by atoms with van der Waals surface area (Å²) in [6, 6.07) is 6.01. The van der Waals surface area contributed by atoms with Crippen molar-refractivity contribution in [2.24, 2.45) is 4.99 Å². The Morgan fingerprint density at radius 1 is 1.36 bits per heavy atom. The highest BCUT2D eigenvalue weighted by atomic mass is 14.7. The molecule has 1 unspecified atom stereocenters. The normalized spacial score (nSPS) is 19.9. The van der Waals surface area contributed by atoms with Gasteiger partial charge >= 0.3 is 0 Å². The molecule has 1 aromatic rings. The minimum Gasteiger partial charge on any atom is -0.291 e. The third kappa shape index (κ3) is 1.69. The first kappa shape index (κ1) is 8.64. The quantitative estimate of drug-likeness (QED) is 0.665. The molecule has 3 nitrogen and oxygen atoms in total. The van der Waals surface area contributed by atoms with Gasteiger partial charge in [0.2, 0.25) is 0 Å². The minimum atomic E-state index is 0.126. The molecule has 68 valence electrons. The first-order valence-corrected chi connectivity index (χ1v) is 4.41. The average Bonchev–Trinajstić information content (AvgIpc) is 2.30. The second-order valence-corrected chi connectivity index (χ2v) is 3.10. The van der Waals surface area contributed by atoms with E-state index in [4.69, 9.17) is 5.26 Å². The van der Waals surface area contributed by atoms with Gasteiger partial charge in [0.1, 0.15) is 0 Å². The fourth-order valence-corrected chi connectivity index (χ4v) is 1.42. The summed E-state index contributed by atoms with van der Waals surface area (Å²) < 4.78 is 0. The molecule has 0 aromatic carbocycles. The summed E-state index contributed by atoms with van der Waals surface area (Å²) in [7, 11) is 0. The first-order valence-electron chi connectivity index (χ1n) is 4.41. The minimum absolute atomic E-state index is 0.126. The Labute approximate surface area is 82.4 Å².